The third-order valence-corrected chi connectivity index (χ3v) is 7.03. The number of ether oxygens (including phenoxy) is 2. The van der Waals surface area contributed by atoms with Gasteiger partial charge in [-0.25, -0.2) is 12.7 Å². The number of sulfonamides is 1. The molecule has 0 aliphatic carbocycles. The number of benzene rings is 1. The summed E-state index contributed by atoms with van der Waals surface area (Å²) in [4.78, 5) is 4.25. The van der Waals surface area contributed by atoms with E-state index >= 15 is 0 Å². The summed E-state index contributed by atoms with van der Waals surface area (Å²) in [6.07, 6.45) is 1.74. The van der Waals surface area contributed by atoms with Crippen molar-refractivity contribution in [2.24, 2.45) is 10.9 Å². The highest BCUT2D eigenvalue weighted by atomic mass is 32.2. The monoisotopic (exact) mass is 440 g/mol. The summed E-state index contributed by atoms with van der Waals surface area (Å²) < 4.78 is 36.5. The summed E-state index contributed by atoms with van der Waals surface area (Å²) in [7, 11) is 0.199. The van der Waals surface area contributed by atoms with Gasteiger partial charge in [-0.05, 0) is 38.3 Å². The topological polar surface area (TPSA) is 92.3 Å². The van der Waals surface area contributed by atoms with Crippen LogP contribution in [0.2, 0.25) is 0 Å². The maximum absolute atomic E-state index is 11.8. The average Bonchev–Trinajstić information content (AvgIpc) is 3.26. The second kappa shape index (κ2) is 12.1. The maximum atomic E-state index is 11.8. The van der Waals surface area contributed by atoms with Crippen molar-refractivity contribution in [1.82, 2.24) is 14.9 Å². The maximum Gasteiger partial charge on any atom is 0.213 e. The minimum absolute atomic E-state index is 0.120. The van der Waals surface area contributed by atoms with Crippen molar-refractivity contribution in [2.75, 3.05) is 52.8 Å². The molecule has 0 saturated carbocycles. The fourth-order valence-electron chi connectivity index (χ4n) is 3.13. The Balaban J connectivity index is 1.81. The van der Waals surface area contributed by atoms with Crippen LogP contribution in [0.4, 0.5) is 0 Å². The Kier molecular flexibility index (Phi) is 9.87. The van der Waals surface area contributed by atoms with Gasteiger partial charge in [-0.2, -0.15) is 0 Å². The largest absolute Gasteiger partial charge is 0.493 e. The fraction of sp³-hybridized carbons (Fsp3) is 0.667. The molecule has 170 valence electrons. The summed E-state index contributed by atoms with van der Waals surface area (Å²) in [6.45, 7) is 7.64. The van der Waals surface area contributed by atoms with Gasteiger partial charge >= 0.3 is 0 Å². The molecule has 0 radical (unpaired) electrons. The zero-order chi connectivity index (χ0) is 22.0. The second-order valence-corrected chi connectivity index (χ2v) is 9.94. The first-order valence-electron chi connectivity index (χ1n) is 10.5. The van der Waals surface area contributed by atoms with E-state index in [4.69, 9.17) is 9.47 Å². The zero-order valence-electron chi connectivity index (χ0n) is 18.6. The third-order valence-electron chi connectivity index (χ3n) is 5.17. The molecule has 1 fully saturated rings. The quantitative estimate of drug-likeness (QED) is 0.309. The zero-order valence-corrected chi connectivity index (χ0v) is 19.4. The van der Waals surface area contributed by atoms with Crippen LogP contribution in [0.3, 0.4) is 0 Å². The lowest BCUT2D eigenvalue weighted by Crippen LogP contribution is -2.38. The van der Waals surface area contributed by atoms with Crippen molar-refractivity contribution in [3.05, 3.63) is 29.3 Å². The van der Waals surface area contributed by atoms with Crippen molar-refractivity contribution >= 4 is 16.0 Å². The lowest BCUT2D eigenvalue weighted by molar-refractivity contribution is 0.166. The first-order chi connectivity index (χ1) is 14.4. The van der Waals surface area contributed by atoms with Crippen LogP contribution in [0.25, 0.3) is 0 Å². The van der Waals surface area contributed by atoms with Crippen molar-refractivity contribution in [3.63, 3.8) is 0 Å². The van der Waals surface area contributed by atoms with Crippen LogP contribution < -0.4 is 15.4 Å². The Labute approximate surface area is 181 Å². The number of hydrogen-bond acceptors (Lipinski definition) is 5. The Bertz CT molecular complexity index is 792. The van der Waals surface area contributed by atoms with Gasteiger partial charge in [0.15, 0.2) is 5.96 Å². The van der Waals surface area contributed by atoms with Crippen LogP contribution in [0.15, 0.2) is 23.2 Å². The van der Waals surface area contributed by atoms with E-state index in [9.17, 15) is 8.42 Å². The van der Waals surface area contributed by atoms with E-state index in [-0.39, 0.29) is 5.75 Å². The van der Waals surface area contributed by atoms with E-state index in [1.165, 1.54) is 4.31 Å². The predicted molar refractivity (Wildman–Crippen MR) is 121 cm³/mol. The van der Waals surface area contributed by atoms with Gasteiger partial charge in [0.2, 0.25) is 10.0 Å². The Morgan fingerprint density at radius 2 is 2.17 bits per heavy atom. The van der Waals surface area contributed by atoms with Crippen LogP contribution in [0, 0.1) is 12.8 Å². The van der Waals surface area contributed by atoms with E-state index < -0.39 is 10.0 Å². The summed E-state index contributed by atoms with van der Waals surface area (Å²) in [5.41, 5.74) is 2.22. The molecule has 1 aliphatic heterocycles. The van der Waals surface area contributed by atoms with Crippen molar-refractivity contribution in [3.8, 4) is 5.75 Å². The highest BCUT2D eigenvalue weighted by Crippen LogP contribution is 2.22. The number of aryl methyl sites for hydroxylation is 1. The molecule has 1 aromatic carbocycles. The fourth-order valence-corrected chi connectivity index (χ4v) is 3.98. The molecule has 0 aromatic heterocycles. The molecule has 1 atom stereocenters. The normalized spacial score (nSPS) is 17.4. The molecule has 2 N–H and O–H groups in total. The molecule has 1 saturated heterocycles. The van der Waals surface area contributed by atoms with Crippen molar-refractivity contribution < 1.29 is 17.9 Å². The van der Waals surface area contributed by atoms with Gasteiger partial charge in [0.25, 0.3) is 0 Å². The van der Waals surface area contributed by atoms with Crippen molar-refractivity contribution in [1.29, 1.82) is 0 Å². The Hall–Kier alpha value is -1.84. The molecule has 0 amide bonds. The summed E-state index contributed by atoms with van der Waals surface area (Å²) in [5, 5.41) is 6.54. The van der Waals surface area contributed by atoms with Gasteiger partial charge in [-0.3, -0.25) is 4.99 Å². The van der Waals surface area contributed by atoms with E-state index in [1.54, 1.807) is 21.0 Å². The standard InChI is InChI=1S/C21H36N4O4S/c1-5-30(26,27)25(4)11-6-10-23-21(22-3)24-14-19-8-7-17(2)13-20(19)29-16-18-9-12-28-15-18/h7-8,13,18H,5-6,9-12,14-16H2,1-4H3,(H2,22,23,24). The van der Waals surface area contributed by atoms with Gasteiger partial charge in [0.05, 0.1) is 19.0 Å². The van der Waals surface area contributed by atoms with Gasteiger partial charge < -0.3 is 20.1 Å². The Morgan fingerprint density at radius 3 is 2.83 bits per heavy atom. The first-order valence-corrected chi connectivity index (χ1v) is 12.1. The molecule has 1 heterocycles. The lowest BCUT2D eigenvalue weighted by Gasteiger charge is -2.18. The van der Waals surface area contributed by atoms with Crippen LogP contribution in [-0.4, -0.2) is 71.4 Å². The molecule has 1 aliphatic rings. The van der Waals surface area contributed by atoms with Crippen LogP contribution in [-0.2, 0) is 21.3 Å². The number of nitrogens with zero attached hydrogens (tertiary/aromatic N) is 2. The summed E-state index contributed by atoms with van der Waals surface area (Å²) in [6, 6.07) is 6.20. The number of nitrogens with one attached hydrogen (secondary N) is 2. The van der Waals surface area contributed by atoms with Crippen molar-refractivity contribution in [2.45, 2.75) is 33.2 Å². The van der Waals surface area contributed by atoms with E-state index in [0.29, 0.717) is 44.5 Å². The third kappa shape index (κ3) is 7.77. The van der Waals surface area contributed by atoms with Gasteiger partial charge in [0, 0.05) is 51.8 Å². The number of rotatable bonds is 11. The second-order valence-electron chi connectivity index (χ2n) is 7.58. The summed E-state index contributed by atoms with van der Waals surface area (Å²) >= 11 is 0. The number of guanidine groups is 1. The molecule has 30 heavy (non-hydrogen) atoms. The lowest BCUT2D eigenvalue weighted by atomic mass is 10.1. The number of aliphatic imine (C=N–C) groups is 1. The van der Waals surface area contributed by atoms with E-state index in [2.05, 4.69) is 40.7 Å². The molecule has 2 rings (SSSR count). The highest BCUT2D eigenvalue weighted by Gasteiger charge is 2.17. The van der Waals surface area contributed by atoms with Gasteiger partial charge in [0.1, 0.15) is 5.75 Å². The molecule has 8 nitrogen and oxygen atoms in total. The Morgan fingerprint density at radius 1 is 1.37 bits per heavy atom. The van der Waals surface area contributed by atoms with E-state index in [0.717, 1.165) is 36.5 Å². The molecule has 0 bridgehead atoms. The van der Waals surface area contributed by atoms with Gasteiger partial charge in [-0.1, -0.05) is 12.1 Å². The van der Waals surface area contributed by atoms with Crippen LogP contribution >= 0.6 is 0 Å². The average molecular weight is 441 g/mol. The number of hydrogen-bond donors (Lipinski definition) is 2. The molecular weight excluding hydrogens is 404 g/mol. The molecule has 9 heteroatoms. The summed E-state index contributed by atoms with van der Waals surface area (Å²) in [5.74, 6) is 2.13. The molecular formula is C21H36N4O4S. The first kappa shape index (κ1) is 24.4. The predicted octanol–water partition coefficient (Wildman–Crippen LogP) is 1.75. The SMILES string of the molecule is CCS(=O)(=O)N(C)CCCNC(=NC)NCc1ccc(C)cc1OCC1CCOC1. The molecule has 0 spiro atoms. The minimum atomic E-state index is -3.13. The molecule has 1 unspecified atom stereocenters. The van der Waals surface area contributed by atoms with Gasteiger partial charge in [-0.15, -0.1) is 0 Å². The minimum Gasteiger partial charge on any atom is -0.493 e. The van der Waals surface area contributed by atoms with Crippen LogP contribution in [0.5, 0.6) is 5.75 Å². The highest BCUT2D eigenvalue weighted by molar-refractivity contribution is 7.89. The smallest absolute Gasteiger partial charge is 0.213 e. The molecule has 1 aromatic rings. The van der Waals surface area contributed by atoms with E-state index in [1.807, 2.05) is 0 Å². The van der Waals surface area contributed by atoms with Crippen LogP contribution in [0.1, 0.15) is 30.9 Å².